The number of aliphatic imine (C=N–C) groups is 1. The van der Waals surface area contributed by atoms with E-state index >= 15 is 0 Å². The number of hydrogen-bond donors (Lipinski definition) is 2. The summed E-state index contributed by atoms with van der Waals surface area (Å²) < 4.78 is 0. The van der Waals surface area contributed by atoms with Gasteiger partial charge in [-0.05, 0) is 25.2 Å². The van der Waals surface area contributed by atoms with Crippen molar-refractivity contribution in [2.24, 2.45) is 16.6 Å². The zero-order chi connectivity index (χ0) is 10.4. The molecule has 1 rings (SSSR count). The van der Waals surface area contributed by atoms with Crippen LogP contribution in [-0.4, -0.2) is 18.5 Å². The Kier molecular flexibility index (Phi) is 4.77. The van der Waals surface area contributed by atoms with Crippen LogP contribution >= 0.6 is 0 Å². The summed E-state index contributed by atoms with van der Waals surface area (Å²) in [6.45, 7) is 5.14. The molecule has 0 radical (unpaired) electrons. The molecule has 0 heterocycles. The smallest absolute Gasteiger partial charge is 0.188 e. The van der Waals surface area contributed by atoms with E-state index < -0.39 is 0 Å². The zero-order valence-corrected chi connectivity index (χ0v) is 9.42. The van der Waals surface area contributed by atoms with Crippen molar-refractivity contribution in [3.05, 3.63) is 0 Å². The second kappa shape index (κ2) is 5.89. The predicted molar refractivity (Wildman–Crippen MR) is 61.3 cm³/mol. The minimum atomic E-state index is 0.531. The number of nitrogens with two attached hydrogens (primary N) is 1. The van der Waals surface area contributed by atoms with Gasteiger partial charge in [0.1, 0.15) is 0 Å². The molecule has 3 nitrogen and oxygen atoms in total. The highest BCUT2D eigenvalue weighted by molar-refractivity contribution is 5.78. The Morgan fingerprint density at radius 3 is 2.71 bits per heavy atom. The van der Waals surface area contributed by atoms with E-state index in [1.165, 1.54) is 19.3 Å². The monoisotopic (exact) mass is 197 g/mol. The molecule has 1 aliphatic carbocycles. The molecule has 82 valence electrons. The summed E-state index contributed by atoms with van der Waals surface area (Å²) in [4.78, 5) is 4.24. The van der Waals surface area contributed by atoms with Crippen LogP contribution in [0.25, 0.3) is 0 Å². The molecule has 1 atom stereocenters. The van der Waals surface area contributed by atoms with Gasteiger partial charge in [-0.15, -0.1) is 0 Å². The largest absolute Gasteiger partial charge is 0.370 e. The molecule has 0 aromatic carbocycles. The molecule has 0 amide bonds. The maximum atomic E-state index is 5.77. The molecule has 1 unspecified atom stereocenters. The summed E-state index contributed by atoms with van der Waals surface area (Å²) in [5.41, 5.74) is 5.77. The molecule has 0 aromatic heterocycles. The molecule has 0 spiro atoms. The third kappa shape index (κ3) is 4.49. The van der Waals surface area contributed by atoms with Crippen LogP contribution in [0.2, 0.25) is 0 Å². The van der Waals surface area contributed by atoms with E-state index in [4.69, 9.17) is 5.73 Å². The fraction of sp³-hybridized carbons (Fsp3) is 0.909. The van der Waals surface area contributed by atoms with Gasteiger partial charge in [0.25, 0.3) is 0 Å². The lowest BCUT2D eigenvalue weighted by Crippen LogP contribution is -2.40. The lowest BCUT2D eigenvalue weighted by molar-refractivity contribution is 0.508. The van der Waals surface area contributed by atoms with Crippen molar-refractivity contribution in [3.8, 4) is 0 Å². The van der Waals surface area contributed by atoms with E-state index in [2.05, 4.69) is 24.2 Å². The summed E-state index contributed by atoms with van der Waals surface area (Å²) in [5, 5.41) is 3.30. The Bertz CT molecular complexity index is 185. The first-order valence-electron chi connectivity index (χ1n) is 5.82. The fourth-order valence-corrected chi connectivity index (χ4v) is 1.57. The van der Waals surface area contributed by atoms with Gasteiger partial charge in [-0.1, -0.05) is 26.7 Å². The Morgan fingerprint density at radius 1 is 1.50 bits per heavy atom. The second-order valence-corrected chi connectivity index (χ2v) is 4.20. The Hall–Kier alpha value is -0.730. The minimum Gasteiger partial charge on any atom is -0.370 e. The standard InChI is InChI=1S/C11H23N3/c1-3-7-13-11(12)14-10(4-2)8-9-5-6-9/h9-10H,3-8H2,1-2H3,(H3,12,13,14). The lowest BCUT2D eigenvalue weighted by Gasteiger charge is -2.16. The van der Waals surface area contributed by atoms with E-state index in [0.717, 1.165) is 25.3 Å². The highest BCUT2D eigenvalue weighted by Gasteiger charge is 2.24. The second-order valence-electron chi connectivity index (χ2n) is 4.20. The van der Waals surface area contributed by atoms with Crippen molar-refractivity contribution >= 4 is 5.96 Å². The summed E-state index contributed by atoms with van der Waals surface area (Å²) in [5.74, 6) is 1.57. The van der Waals surface area contributed by atoms with E-state index in [-0.39, 0.29) is 0 Å². The van der Waals surface area contributed by atoms with Crippen LogP contribution in [0.5, 0.6) is 0 Å². The van der Waals surface area contributed by atoms with Crippen LogP contribution in [0.3, 0.4) is 0 Å². The summed E-state index contributed by atoms with van der Waals surface area (Å²) in [6.07, 6.45) is 6.27. The molecule has 3 heteroatoms. The molecule has 1 aliphatic rings. The van der Waals surface area contributed by atoms with Crippen molar-refractivity contribution in [1.82, 2.24) is 5.32 Å². The maximum Gasteiger partial charge on any atom is 0.188 e. The van der Waals surface area contributed by atoms with Crippen molar-refractivity contribution in [3.63, 3.8) is 0 Å². The third-order valence-electron chi connectivity index (χ3n) is 2.67. The predicted octanol–water partition coefficient (Wildman–Crippen LogP) is 1.88. The maximum absolute atomic E-state index is 5.77. The molecular formula is C11H23N3. The molecular weight excluding hydrogens is 174 g/mol. The molecule has 14 heavy (non-hydrogen) atoms. The summed E-state index contributed by atoms with van der Waals surface area (Å²) in [6, 6.07) is 0.531. The van der Waals surface area contributed by atoms with Crippen LogP contribution in [0.1, 0.15) is 46.0 Å². The number of nitrogens with one attached hydrogen (secondary N) is 1. The third-order valence-corrected chi connectivity index (χ3v) is 2.67. The van der Waals surface area contributed by atoms with Crippen LogP contribution < -0.4 is 11.1 Å². The Labute approximate surface area is 87.2 Å². The fourth-order valence-electron chi connectivity index (χ4n) is 1.57. The highest BCUT2D eigenvalue weighted by Crippen LogP contribution is 2.33. The first kappa shape index (κ1) is 11.3. The van der Waals surface area contributed by atoms with Crippen molar-refractivity contribution < 1.29 is 0 Å². The van der Waals surface area contributed by atoms with Gasteiger partial charge in [0.2, 0.25) is 0 Å². The zero-order valence-electron chi connectivity index (χ0n) is 9.42. The quantitative estimate of drug-likeness (QED) is 0.504. The lowest BCUT2D eigenvalue weighted by atomic mass is 10.1. The van der Waals surface area contributed by atoms with E-state index in [9.17, 15) is 0 Å². The van der Waals surface area contributed by atoms with Gasteiger partial charge in [-0.25, -0.2) is 0 Å². The van der Waals surface area contributed by atoms with Gasteiger partial charge < -0.3 is 11.1 Å². The van der Waals surface area contributed by atoms with Crippen molar-refractivity contribution in [2.45, 2.75) is 52.0 Å². The molecule has 1 saturated carbocycles. The van der Waals surface area contributed by atoms with E-state index in [0.29, 0.717) is 12.0 Å². The first-order valence-corrected chi connectivity index (χ1v) is 5.82. The summed E-state index contributed by atoms with van der Waals surface area (Å²) in [7, 11) is 0. The first-order chi connectivity index (χ1) is 6.76. The van der Waals surface area contributed by atoms with Gasteiger partial charge in [0.15, 0.2) is 5.96 Å². The average Bonchev–Trinajstić information content (AvgIpc) is 2.97. The molecule has 0 aromatic rings. The number of guanidine groups is 1. The normalized spacial score (nSPS) is 19.4. The molecule has 1 fully saturated rings. The van der Waals surface area contributed by atoms with Crippen LogP contribution in [-0.2, 0) is 0 Å². The average molecular weight is 197 g/mol. The van der Waals surface area contributed by atoms with Gasteiger partial charge in [-0.3, -0.25) is 4.99 Å². The minimum absolute atomic E-state index is 0.531. The van der Waals surface area contributed by atoms with Gasteiger partial charge in [0.05, 0.1) is 0 Å². The summed E-state index contributed by atoms with van der Waals surface area (Å²) >= 11 is 0. The topological polar surface area (TPSA) is 50.4 Å². The van der Waals surface area contributed by atoms with Crippen LogP contribution in [0, 0.1) is 5.92 Å². The Morgan fingerprint density at radius 2 is 2.21 bits per heavy atom. The molecule has 3 N–H and O–H groups in total. The van der Waals surface area contributed by atoms with Gasteiger partial charge in [0, 0.05) is 12.6 Å². The van der Waals surface area contributed by atoms with E-state index in [1.807, 2.05) is 0 Å². The molecule has 0 aliphatic heterocycles. The van der Waals surface area contributed by atoms with Crippen LogP contribution in [0.15, 0.2) is 4.99 Å². The number of nitrogens with zero attached hydrogens (tertiary/aromatic N) is 1. The van der Waals surface area contributed by atoms with Gasteiger partial charge in [-0.2, -0.15) is 0 Å². The SMILES string of the molecule is CCCN=C(N)NC(CC)CC1CC1. The molecule has 0 bridgehead atoms. The molecule has 0 saturated heterocycles. The van der Waals surface area contributed by atoms with Gasteiger partial charge >= 0.3 is 0 Å². The number of hydrogen-bond acceptors (Lipinski definition) is 1. The van der Waals surface area contributed by atoms with Crippen molar-refractivity contribution in [2.75, 3.05) is 6.54 Å². The highest BCUT2D eigenvalue weighted by atomic mass is 15.1. The van der Waals surface area contributed by atoms with Crippen LogP contribution in [0.4, 0.5) is 0 Å². The van der Waals surface area contributed by atoms with Crippen molar-refractivity contribution in [1.29, 1.82) is 0 Å². The Balaban J connectivity index is 2.22. The number of rotatable bonds is 6. The van der Waals surface area contributed by atoms with E-state index in [1.54, 1.807) is 0 Å².